The molecule has 2 heterocycles. The molecular weight excluding hydrogens is 324 g/mol. The number of carbonyl (C=O) groups is 1. The molecule has 0 spiro atoms. The molecule has 0 aliphatic carbocycles. The molecule has 0 amide bonds. The highest BCUT2D eigenvalue weighted by Gasteiger charge is 2.15. The highest BCUT2D eigenvalue weighted by molar-refractivity contribution is 9.11. The maximum atomic E-state index is 10.6. The van der Waals surface area contributed by atoms with Gasteiger partial charge in [-0.15, -0.1) is 21.5 Å². The van der Waals surface area contributed by atoms with Gasteiger partial charge >= 0.3 is 5.97 Å². The number of hydrogen-bond acceptors (Lipinski definition) is 6. The van der Waals surface area contributed by atoms with Crippen molar-refractivity contribution in [1.82, 2.24) is 10.2 Å². The second-order valence-corrected chi connectivity index (χ2v) is 5.86. The average Bonchev–Trinajstić information content (AvgIpc) is 2.94. The zero-order valence-electron chi connectivity index (χ0n) is 9.29. The van der Waals surface area contributed by atoms with E-state index in [1.807, 2.05) is 12.1 Å². The number of carboxylic acids is 1. The summed E-state index contributed by atoms with van der Waals surface area (Å²) in [6.07, 6.45) is -0.906. The molecule has 0 radical (unpaired) electrons. The fraction of sp³-hybridized carbons (Fsp3) is 0.300. The van der Waals surface area contributed by atoms with E-state index >= 15 is 0 Å². The van der Waals surface area contributed by atoms with Crippen LogP contribution in [0.3, 0.4) is 0 Å². The van der Waals surface area contributed by atoms with Gasteiger partial charge in [0.15, 0.2) is 6.10 Å². The van der Waals surface area contributed by atoms with Crippen LogP contribution in [-0.4, -0.2) is 27.4 Å². The first kappa shape index (κ1) is 13.2. The lowest BCUT2D eigenvalue weighted by Gasteiger charge is -2.04. The van der Waals surface area contributed by atoms with Gasteiger partial charge in [-0.2, -0.15) is 0 Å². The van der Waals surface area contributed by atoms with Crippen LogP contribution in [0.4, 0.5) is 0 Å². The van der Waals surface area contributed by atoms with E-state index in [4.69, 9.17) is 14.3 Å². The van der Waals surface area contributed by atoms with Crippen molar-refractivity contribution in [2.45, 2.75) is 19.6 Å². The predicted molar refractivity (Wildman–Crippen MR) is 67.2 cm³/mol. The number of thiophene rings is 1. The Hall–Kier alpha value is -1.25. The monoisotopic (exact) mass is 332 g/mol. The fourth-order valence-electron chi connectivity index (χ4n) is 1.11. The van der Waals surface area contributed by atoms with Crippen molar-refractivity contribution in [3.63, 3.8) is 0 Å². The minimum absolute atomic E-state index is 0.0208. The van der Waals surface area contributed by atoms with E-state index in [0.29, 0.717) is 5.89 Å². The fourth-order valence-corrected chi connectivity index (χ4v) is 2.42. The number of halogens is 1. The Morgan fingerprint density at radius 3 is 3.00 bits per heavy atom. The minimum Gasteiger partial charge on any atom is -0.479 e. The van der Waals surface area contributed by atoms with E-state index in [0.717, 1.165) is 8.66 Å². The van der Waals surface area contributed by atoms with E-state index in [1.165, 1.54) is 18.3 Å². The Morgan fingerprint density at radius 2 is 2.39 bits per heavy atom. The number of aromatic nitrogens is 2. The molecule has 0 saturated carbocycles. The summed E-state index contributed by atoms with van der Waals surface area (Å²) in [5.74, 6) is -0.383. The van der Waals surface area contributed by atoms with Crippen molar-refractivity contribution in [3.05, 3.63) is 21.8 Å². The summed E-state index contributed by atoms with van der Waals surface area (Å²) < 4.78 is 11.4. The normalized spacial score (nSPS) is 12.6. The van der Waals surface area contributed by atoms with Crippen LogP contribution in [0.5, 0.6) is 0 Å². The lowest BCUT2D eigenvalue weighted by molar-refractivity contribution is -0.150. The van der Waals surface area contributed by atoms with Crippen molar-refractivity contribution in [2.75, 3.05) is 0 Å². The zero-order chi connectivity index (χ0) is 13.1. The summed E-state index contributed by atoms with van der Waals surface area (Å²) in [5.41, 5.74) is 0. The molecule has 8 heteroatoms. The topological polar surface area (TPSA) is 85.5 Å². The highest BCUT2D eigenvalue weighted by Crippen LogP contribution is 2.30. The maximum Gasteiger partial charge on any atom is 0.332 e. The van der Waals surface area contributed by atoms with Crippen LogP contribution in [0.2, 0.25) is 0 Å². The molecule has 18 heavy (non-hydrogen) atoms. The van der Waals surface area contributed by atoms with Gasteiger partial charge in [0.1, 0.15) is 6.61 Å². The van der Waals surface area contributed by atoms with Crippen molar-refractivity contribution in [2.24, 2.45) is 0 Å². The van der Waals surface area contributed by atoms with Gasteiger partial charge < -0.3 is 14.3 Å². The van der Waals surface area contributed by atoms with Crippen molar-refractivity contribution >= 4 is 33.2 Å². The smallest absolute Gasteiger partial charge is 0.332 e. The van der Waals surface area contributed by atoms with Gasteiger partial charge in [-0.05, 0) is 35.0 Å². The Labute approximate surface area is 115 Å². The molecule has 0 saturated heterocycles. The Kier molecular flexibility index (Phi) is 4.10. The zero-order valence-corrected chi connectivity index (χ0v) is 11.7. The molecule has 2 aromatic heterocycles. The van der Waals surface area contributed by atoms with Crippen LogP contribution in [0, 0.1) is 0 Å². The molecule has 0 bridgehead atoms. The molecule has 0 aliphatic heterocycles. The SMILES string of the molecule is CC(OCc1nnc(-c2ccc(Br)s2)o1)C(=O)O. The van der Waals surface area contributed by atoms with Crippen LogP contribution in [0.1, 0.15) is 12.8 Å². The summed E-state index contributed by atoms with van der Waals surface area (Å²) in [4.78, 5) is 11.4. The largest absolute Gasteiger partial charge is 0.479 e. The maximum absolute atomic E-state index is 10.6. The molecule has 1 unspecified atom stereocenters. The second kappa shape index (κ2) is 5.59. The third kappa shape index (κ3) is 3.15. The van der Waals surface area contributed by atoms with E-state index < -0.39 is 12.1 Å². The van der Waals surface area contributed by atoms with Crippen LogP contribution < -0.4 is 0 Å². The van der Waals surface area contributed by atoms with E-state index in [2.05, 4.69) is 26.1 Å². The first-order valence-corrected chi connectivity index (χ1v) is 6.59. The number of ether oxygens (including phenoxy) is 1. The van der Waals surface area contributed by atoms with Crippen molar-refractivity contribution in [1.29, 1.82) is 0 Å². The summed E-state index contributed by atoms with van der Waals surface area (Å²) >= 11 is 4.81. The third-order valence-corrected chi connectivity index (χ3v) is 3.67. The Bertz CT molecular complexity index is 554. The molecule has 1 atom stereocenters. The van der Waals surface area contributed by atoms with Gasteiger partial charge in [0.2, 0.25) is 5.89 Å². The van der Waals surface area contributed by atoms with Gasteiger partial charge in [0, 0.05) is 0 Å². The highest BCUT2D eigenvalue weighted by atomic mass is 79.9. The van der Waals surface area contributed by atoms with E-state index in [-0.39, 0.29) is 12.5 Å². The summed E-state index contributed by atoms with van der Waals surface area (Å²) in [6.45, 7) is 1.42. The van der Waals surface area contributed by atoms with Gasteiger partial charge in [0.05, 0.1) is 8.66 Å². The summed E-state index contributed by atoms with van der Waals surface area (Å²) in [7, 11) is 0. The number of aliphatic carboxylic acids is 1. The Morgan fingerprint density at radius 1 is 1.61 bits per heavy atom. The van der Waals surface area contributed by atoms with Gasteiger partial charge in [-0.3, -0.25) is 0 Å². The van der Waals surface area contributed by atoms with E-state index in [9.17, 15) is 4.79 Å². The number of hydrogen-bond donors (Lipinski definition) is 1. The van der Waals surface area contributed by atoms with E-state index in [1.54, 1.807) is 0 Å². The molecule has 0 aliphatic rings. The quantitative estimate of drug-likeness (QED) is 0.905. The minimum atomic E-state index is -1.03. The lowest BCUT2D eigenvalue weighted by Crippen LogP contribution is -2.19. The third-order valence-electron chi connectivity index (χ3n) is 2.06. The second-order valence-electron chi connectivity index (χ2n) is 3.40. The number of rotatable bonds is 5. The van der Waals surface area contributed by atoms with Crippen LogP contribution >= 0.6 is 27.3 Å². The molecule has 2 rings (SSSR count). The van der Waals surface area contributed by atoms with Gasteiger partial charge in [-0.1, -0.05) is 0 Å². The first-order valence-electron chi connectivity index (χ1n) is 4.99. The number of nitrogens with zero attached hydrogens (tertiary/aromatic N) is 2. The number of carboxylic acid groups (broad SMARTS) is 1. The van der Waals surface area contributed by atoms with Crippen molar-refractivity contribution in [3.8, 4) is 10.8 Å². The predicted octanol–water partition coefficient (Wildman–Crippen LogP) is 2.55. The van der Waals surface area contributed by atoms with Gasteiger partial charge in [0.25, 0.3) is 5.89 Å². The molecule has 6 nitrogen and oxygen atoms in total. The van der Waals surface area contributed by atoms with Crippen LogP contribution in [0.15, 0.2) is 20.3 Å². The Balaban J connectivity index is 2.00. The van der Waals surface area contributed by atoms with Gasteiger partial charge in [-0.25, -0.2) is 4.79 Å². The standard InChI is InChI=1S/C10H9BrN2O4S/c1-5(10(14)15)16-4-8-12-13-9(17-8)6-2-3-7(11)18-6/h2-3,5H,4H2,1H3,(H,14,15). The molecule has 96 valence electrons. The average molecular weight is 333 g/mol. The molecule has 2 aromatic rings. The van der Waals surface area contributed by atoms with Crippen LogP contribution in [0.25, 0.3) is 10.8 Å². The first-order chi connectivity index (χ1) is 8.56. The molecule has 0 fully saturated rings. The summed E-state index contributed by atoms with van der Waals surface area (Å²) in [6, 6.07) is 3.74. The van der Waals surface area contributed by atoms with Crippen molar-refractivity contribution < 1.29 is 19.1 Å². The summed E-state index contributed by atoms with van der Waals surface area (Å²) in [5, 5.41) is 16.3. The molecule has 1 N–H and O–H groups in total. The van der Waals surface area contributed by atoms with Crippen LogP contribution in [-0.2, 0) is 16.1 Å². The lowest BCUT2D eigenvalue weighted by atomic mass is 10.4. The molecule has 0 aromatic carbocycles. The molecular formula is C10H9BrN2O4S.